The lowest BCUT2D eigenvalue weighted by atomic mass is 9.93. The smallest absolute Gasteiger partial charge is 0.255 e. The van der Waals surface area contributed by atoms with E-state index in [-0.39, 0.29) is 17.2 Å². The molecule has 0 aliphatic carbocycles. The number of phenolic OH excluding ortho intramolecular Hbond substituents is 2. The molecule has 1 unspecified atom stereocenters. The normalized spacial score (nSPS) is 13.4. The molecule has 0 aromatic heterocycles. The number of hydrogen-bond acceptors (Lipinski definition) is 3. The number of benzene rings is 2. The summed E-state index contributed by atoms with van der Waals surface area (Å²) in [6.07, 6.45) is 0. The second kappa shape index (κ2) is 6.06. The molecular formula is C16H16ClNO3. The average Bonchev–Trinajstić information content (AvgIpc) is 2.50. The monoisotopic (exact) mass is 305 g/mol. The van der Waals surface area contributed by atoms with Crippen LogP contribution in [0.2, 0.25) is 0 Å². The van der Waals surface area contributed by atoms with Crippen LogP contribution < -0.4 is 5.32 Å². The van der Waals surface area contributed by atoms with E-state index in [2.05, 4.69) is 5.32 Å². The summed E-state index contributed by atoms with van der Waals surface area (Å²) in [6, 6.07) is 13.6. The van der Waals surface area contributed by atoms with Crippen molar-refractivity contribution in [2.75, 3.05) is 5.88 Å². The van der Waals surface area contributed by atoms with Crippen molar-refractivity contribution >= 4 is 17.5 Å². The first kappa shape index (κ1) is 15.2. The second-order valence-corrected chi connectivity index (χ2v) is 5.23. The lowest BCUT2D eigenvalue weighted by Crippen LogP contribution is -2.45. The van der Waals surface area contributed by atoms with Crippen molar-refractivity contribution in [3.63, 3.8) is 0 Å². The molecule has 4 nitrogen and oxygen atoms in total. The Hall–Kier alpha value is -2.20. The first-order chi connectivity index (χ1) is 9.98. The largest absolute Gasteiger partial charge is 0.504 e. The molecule has 2 aromatic carbocycles. The number of amides is 1. The molecule has 0 saturated carbocycles. The summed E-state index contributed by atoms with van der Waals surface area (Å²) < 4.78 is 0. The van der Waals surface area contributed by atoms with Gasteiger partial charge in [-0.2, -0.15) is 0 Å². The molecule has 0 heterocycles. The highest BCUT2D eigenvalue weighted by Crippen LogP contribution is 2.29. The van der Waals surface area contributed by atoms with E-state index in [0.717, 1.165) is 5.56 Å². The minimum absolute atomic E-state index is 0.00210. The van der Waals surface area contributed by atoms with Crippen LogP contribution in [0.15, 0.2) is 48.5 Å². The zero-order chi connectivity index (χ0) is 15.5. The third-order valence-electron chi connectivity index (χ3n) is 3.33. The Kier molecular flexibility index (Phi) is 4.38. The fraction of sp³-hybridized carbons (Fsp3) is 0.188. The first-order valence-corrected chi connectivity index (χ1v) is 6.96. The third-order valence-corrected chi connectivity index (χ3v) is 3.86. The van der Waals surface area contributed by atoms with Gasteiger partial charge in [0.1, 0.15) is 0 Å². The van der Waals surface area contributed by atoms with E-state index < -0.39 is 17.2 Å². The number of carbonyl (C=O) groups is 1. The van der Waals surface area contributed by atoms with E-state index in [4.69, 9.17) is 11.6 Å². The van der Waals surface area contributed by atoms with Crippen molar-refractivity contribution in [3.05, 3.63) is 59.7 Å². The predicted molar refractivity (Wildman–Crippen MR) is 81.8 cm³/mol. The number of halogens is 1. The fourth-order valence-corrected chi connectivity index (χ4v) is 2.24. The Morgan fingerprint density at radius 3 is 2.43 bits per heavy atom. The Morgan fingerprint density at radius 2 is 1.81 bits per heavy atom. The van der Waals surface area contributed by atoms with Gasteiger partial charge < -0.3 is 15.5 Å². The number of para-hydroxylation sites is 1. The van der Waals surface area contributed by atoms with Crippen LogP contribution in [0.1, 0.15) is 22.8 Å². The van der Waals surface area contributed by atoms with Crippen LogP contribution in [-0.2, 0) is 5.54 Å². The van der Waals surface area contributed by atoms with Crippen molar-refractivity contribution in [1.82, 2.24) is 5.32 Å². The van der Waals surface area contributed by atoms with Gasteiger partial charge in [0.2, 0.25) is 0 Å². The average molecular weight is 306 g/mol. The molecule has 21 heavy (non-hydrogen) atoms. The minimum Gasteiger partial charge on any atom is -0.504 e. The molecule has 0 aliphatic heterocycles. The summed E-state index contributed by atoms with van der Waals surface area (Å²) >= 11 is 6.02. The van der Waals surface area contributed by atoms with Crippen molar-refractivity contribution in [2.45, 2.75) is 12.5 Å². The van der Waals surface area contributed by atoms with Gasteiger partial charge in [-0.3, -0.25) is 4.79 Å². The molecule has 0 spiro atoms. The number of carbonyl (C=O) groups excluding carboxylic acids is 1. The van der Waals surface area contributed by atoms with Gasteiger partial charge in [-0.05, 0) is 24.6 Å². The van der Waals surface area contributed by atoms with Crippen LogP contribution in [0.3, 0.4) is 0 Å². The van der Waals surface area contributed by atoms with Gasteiger partial charge in [0.15, 0.2) is 11.5 Å². The maximum Gasteiger partial charge on any atom is 0.255 e. The van der Waals surface area contributed by atoms with E-state index in [1.54, 1.807) is 6.92 Å². The van der Waals surface area contributed by atoms with Gasteiger partial charge in [-0.1, -0.05) is 36.4 Å². The number of alkyl halides is 1. The Labute approximate surface area is 128 Å². The molecule has 5 heteroatoms. The summed E-state index contributed by atoms with van der Waals surface area (Å²) in [7, 11) is 0. The highest BCUT2D eigenvalue weighted by atomic mass is 35.5. The van der Waals surface area contributed by atoms with Gasteiger partial charge in [-0.15, -0.1) is 11.6 Å². The Bertz CT molecular complexity index is 645. The molecule has 3 N–H and O–H groups in total. The second-order valence-electron chi connectivity index (χ2n) is 4.96. The SMILES string of the molecule is CC(CCl)(NC(=O)c1cccc(O)c1O)c1ccccc1. The Morgan fingerprint density at radius 1 is 1.14 bits per heavy atom. The minimum atomic E-state index is -0.780. The molecule has 1 amide bonds. The van der Waals surface area contributed by atoms with E-state index >= 15 is 0 Å². The number of aromatic hydroxyl groups is 2. The summed E-state index contributed by atoms with van der Waals surface area (Å²) in [6.45, 7) is 1.80. The molecule has 2 aromatic rings. The van der Waals surface area contributed by atoms with Gasteiger partial charge >= 0.3 is 0 Å². The topological polar surface area (TPSA) is 69.6 Å². The quantitative estimate of drug-likeness (QED) is 0.601. The molecule has 0 bridgehead atoms. The van der Waals surface area contributed by atoms with Crippen LogP contribution in [0.25, 0.3) is 0 Å². The summed E-state index contributed by atoms with van der Waals surface area (Å²) in [5.41, 5.74) is 0.0768. The van der Waals surface area contributed by atoms with Crippen LogP contribution >= 0.6 is 11.6 Å². The summed E-state index contributed by atoms with van der Waals surface area (Å²) in [5, 5.41) is 22.0. The Balaban J connectivity index is 2.30. The molecule has 0 radical (unpaired) electrons. The van der Waals surface area contributed by atoms with E-state index in [1.807, 2.05) is 30.3 Å². The van der Waals surface area contributed by atoms with Gasteiger partial charge in [0, 0.05) is 5.88 Å². The van der Waals surface area contributed by atoms with Crippen molar-refractivity contribution in [2.24, 2.45) is 0 Å². The predicted octanol–water partition coefficient (Wildman–Crippen LogP) is 2.98. The van der Waals surface area contributed by atoms with Crippen LogP contribution in [0.5, 0.6) is 11.5 Å². The van der Waals surface area contributed by atoms with Crippen LogP contribution in [-0.4, -0.2) is 22.0 Å². The third kappa shape index (κ3) is 3.11. The summed E-state index contributed by atoms with van der Waals surface area (Å²) in [4.78, 5) is 12.3. The van der Waals surface area contributed by atoms with E-state index in [0.29, 0.717) is 0 Å². The molecule has 0 aliphatic rings. The molecule has 2 rings (SSSR count). The van der Waals surface area contributed by atoms with Gasteiger partial charge in [0.05, 0.1) is 11.1 Å². The molecular weight excluding hydrogens is 290 g/mol. The van der Waals surface area contributed by atoms with E-state index in [9.17, 15) is 15.0 Å². The maximum atomic E-state index is 12.3. The molecule has 0 saturated heterocycles. The first-order valence-electron chi connectivity index (χ1n) is 6.43. The number of phenols is 2. The summed E-state index contributed by atoms with van der Waals surface area (Å²) in [5.74, 6) is -1.12. The van der Waals surface area contributed by atoms with Crippen LogP contribution in [0, 0.1) is 0 Å². The van der Waals surface area contributed by atoms with Crippen molar-refractivity contribution in [1.29, 1.82) is 0 Å². The molecule has 1 atom stereocenters. The van der Waals surface area contributed by atoms with Gasteiger partial charge in [0.25, 0.3) is 5.91 Å². The molecule has 110 valence electrons. The number of nitrogens with one attached hydrogen (secondary N) is 1. The zero-order valence-electron chi connectivity index (χ0n) is 11.5. The highest BCUT2D eigenvalue weighted by Gasteiger charge is 2.29. The standard InChI is InChI=1S/C16H16ClNO3/c1-16(10-17,11-6-3-2-4-7-11)18-15(21)12-8-5-9-13(19)14(12)20/h2-9,19-20H,10H2,1H3,(H,18,21). The fourth-order valence-electron chi connectivity index (χ4n) is 2.02. The maximum absolute atomic E-state index is 12.3. The molecule has 0 fully saturated rings. The van der Waals surface area contributed by atoms with E-state index in [1.165, 1.54) is 18.2 Å². The van der Waals surface area contributed by atoms with Crippen LogP contribution in [0.4, 0.5) is 0 Å². The van der Waals surface area contributed by atoms with Crippen molar-refractivity contribution in [3.8, 4) is 11.5 Å². The van der Waals surface area contributed by atoms with Crippen molar-refractivity contribution < 1.29 is 15.0 Å². The highest BCUT2D eigenvalue weighted by molar-refractivity contribution is 6.19. The van der Waals surface area contributed by atoms with Gasteiger partial charge in [-0.25, -0.2) is 0 Å². The lowest BCUT2D eigenvalue weighted by Gasteiger charge is -2.29. The zero-order valence-corrected chi connectivity index (χ0v) is 12.3. The lowest BCUT2D eigenvalue weighted by molar-refractivity contribution is 0.0910. The number of rotatable bonds is 4. The number of hydrogen-bond donors (Lipinski definition) is 3.